The van der Waals surface area contributed by atoms with Crippen molar-refractivity contribution >= 4 is 39.5 Å². The number of unbranched alkanes of at least 4 members (excludes halogenated alkanes) is 42. The number of esters is 4. The van der Waals surface area contributed by atoms with Crippen molar-refractivity contribution in [2.45, 2.75) is 420 Å². The maximum atomic E-state index is 13.1. The number of aliphatic hydroxyl groups is 1. The Balaban J connectivity index is 5.18. The monoisotopic (exact) mass is 1440 g/mol. The van der Waals surface area contributed by atoms with E-state index in [1.807, 2.05) is 0 Å². The van der Waals surface area contributed by atoms with E-state index in [1.54, 1.807) is 0 Å². The standard InChI is InChI=1S/C79H154O17P2/c1-69(2)55-47-39-31-25-21-17-13-11-9-10-12-14-19-23-27-34-43-51-59-76(81)89-65-74(95-78(83)61-53-45-36-28-24-20-16-15-18-22-26-32-40-48-56-70(3)4)67-93-97(85,86)91-63-73(80)64-92-98(87,88)94-68-75(96-79(84)62-54-46-38-37-42-50-58-72(7)8)66-90-77(82)60-52-44-35-30-29-33-41-49-57-71(5)6/h69-75,80H,9-68H2,1-8H3,(H,85,86)(H,87,88)/t73?,74-,75-/m1/s1. The lowest BCUT2D eigenvalue weighted by atomic mass is 10.0. The van der Waals surface area contributed by atoms with Gasteiger partial charge in [0, 0.05) is 25.7 Å². The number of ether oxygens (including phenoxy) is 4. The molecular weight excluding hydrogens is 1280 g/mol. The smallest absolute Gasteiger partial charge is 0.462 e. The number of carbonyl (C=O) groups excluding carboxylic acids is 4. The zero-order valence-electron chi connectivity index (χ0n) is 64.4. The van der Waals surface area contributed by atoms with Gasteiger partial charge in [0.05, 0.1) is 26.4 Å². The summed E-state index contributed by atoms with van der Waals surface area (Å²) in [7, 11) is -9.91. The number of phosphoric acid groups is 2. The third-order valence-electron chi connectivity index (χ3n) is 18.3. The molecule has 0 aromatic heterocycles. The molecule has 19 heteroatoms. The molecule has 0 aromatic rings. The van der Waals surface area contributed by atoms with Crippen LogP contribution < -0.4 is 0 Å². The van der Waals surface area contributed by atoms with Crippen LogP contribution in [0.5, 0.6) is 0 Å². The Hall–Kier alpha value is -1.94. The summed E-state index contributed by atoms with van der Waals surface area (Å²) in [6.07, 6.45) is 54.5. The van der Waals surface area contributed by atoms with E-state index in [2.05, 4.69) is 55.4 Å². The van der Waals surface area contributed by atoms with Crippen LogP contribution in [0, 0.1) is 23.7 Å². The van der Waals surface area contributed by atoms with E-state index < -0.39 is 97.5 Å². The van der Waals surface area contributed by atoms with Crippen molar-refractivity contribution in [3.8, 4) is 0 Å². The molecule has 0 radical (unpaired) electrons. The maximum Gasteiger partial charge on any atom is 0.472 e. The minimum atomic E-state index is -4.96. The van der Waals surface area contributed by atoms with E-state index >= 15 is 0 Å². The first-order valence-corrected chi connectivity index (χ1v) is 43.7. The average Bonchev–Trinajstić information content (AvgIpc) is 1.01. The zero-order valence-corrected chi connectivity index (χ0v) is 66.2. The zero-order chi connectivity index (χ0) is 72.4. The summed E-state index contributed by atoms with van der Waals surface area (Å²) in [6.45, 7) is 14.1. The first-order chi connectivity index (χ1) is 47.1. The molecule has 17 nitrogen and oxygen atoms in total. The van der Waals surface area contributed by atoms with E-state index in [1.165, 1.54) is 205 Å². The molecule has 0 saturated carbocycles. The van der Waals surface area contributed by atoms with Crippen LogP contribution in [0.4, 0.5) is 0 Å². The summed E-state index contributed by atoms with van der Waals surface area (Å²) in [5.74, 6) is 0.891. The van der Waals surface area contributed by atoms with Gasteiger partial charge in [-0.15, -0.1) is 0 Å². The van der Waals surface area contributed by atoms with Crippen LogP contribution in [0.2, 0.25) is 0 Å². The number of hydrogen-bond acceptors (Lipinski definition) is 15. The number of aliphatic hydroxyl groups excluding tert-OH is 1. The Morgan fingerprint density at radius 3 is 0.633 bits per heavy atom. The molecule has 582 valence electrons. The highest BCUT2D eigenvalue weighted by atomic mass is 31.2. The Morgan fingerprint density at radius 1 is 0.255 bits per heavy atom. The van der Waals surface area contributed by atoms with Crippen molar-refractivity contribution in [1.82, 2.24) is 0 Å². The average molecular weight is 1440 g/mol. The molecule has 98 heavy (non-hydrogen) atoms. The van der Waals surface area contributed by atoms with Crippen LogP contribution in [-0.4, -0.2) is 96.7 Å². The van der Waals surface area contributed by atoms with Gasteiger partial charge in [-0.25, -0.2) is 9.13 Å². The molecule has 0 aromatic carbocycles. The van der Waals surface area contributed by atoms with Gasteiger partial charge in [0.25, 0.3) is 0 Å². The second-order valence-corrected chi connectivity index (χ2v) is 33.3. The fraction of sp³-hybridized carbons (Fsp3) is 0.949. The molecule has 5 atom stereocenters. The SMILES string of the molecule is CC(C)CCCCCCCCCCCCCCCCCCCCC(=O)OC[C@H](COP(=O)(O)OCC(O)COP(=O)(O)OC[C@@H](COC(=O)CCCCCCCCCCC(C)C)OC(=O)CCCCCCCCC(C)C)OC(=O)CCCCCCCCCCCCCCCCC(C)C. The van der Waals surface area contributed by atoms with Crippen LogP contribution in [0.25, 0.3) is 0 Å². The van der Waals surface area contributed by atoms with Crippen molar-refractivity contribution in [1.29, 1.82) is 0 Å². The molecule has 0 bridgehead atoms. The highest BCUT2D eigenvalue weighted by molar-refractivity contribution is 7.47. The van der Waals surface area contributed by atoms with E-state index in [4.69, 9.17) is 37.0 Å². The number of rotatable bonds is 76. The summed E-state index contributed by atoms with van der Waals surface area (Å²) in [5, 5.41) is 10.6. The lowest BCUT2D eigenvalue weighted by Crippen LogP contribution is -2.30. The van der Waals surface area contributed by atoms with Gasteiger partial charge in [0.1, 0.15) is 19.3 Å². The number of hydrogen-bond donors (Lipinski definition) is 3. The van der Waals surface area contributed by atoms with Gasteiger partial charge in [-0.05, 0) is 49.4 Å². The highest BCUT2D eigenvalue weighted by Crippen LogP contribution is 2.45. The second kappa shape index (κ2) is 68.2. The van der Waals surface area contributed by atoms with Gasteiger partial charge >= 0.3 is 39.5 Å². The Morgan fingerprint density at radius 2 is 0.429 bits per heavy atom. The number of carbonyl (C=O) groups is 4. The fourth-order valence-corrected chi connectivity index (χ4v) is 13.7. The van der Waals surface area contributed by atoms with Gasteiger partial charge in [0.15, 0.2) is 12.2 Å². The van der Waals surface area contributed by atoms with Crippen LogP contribution in [-0.2, 0) is 65.4 Å². The van der Waals surface area contributed by atoms with Gasteiger partial charge in [-0.2, -0.15) is 0 Å². The van der Waals surface area contributed by atoms with Crippen molar-refractivity contribution in [2.75, 3.05) is 39.6 Å². The molecule has 0 amide bonds. The Bertz CT molecular complexity index is 1920. The summed E-state index contributed by atoms with van der Waals surface area (Å²) in [6, 6.07) is 0. The topological polar surface area (TPSA) is 237 Å². The second-order valence-electron chi connectivity index (χ2n) is 30.4. The molecule has 0 spiro atoms. The minimum Gasteiger partial charge on any atom is -0.462 e. The van der Waals surface area contributed by atoms with Gasteiger partial charge in [0.2, 0.25) is 0 Å². The Kier molecular flexibility index (Phi) is 66.8. The van der Waals surface area contributed by atoms with Gasteiger partial charge in [-0.1, -0.05) is 351 Å². The molecule has 0 rings (SSSR count). The predicted molar refractivity (Wildman–Crippen MR) is 400 cm³/mol. The summed E-state index contributed by atoms with van der Waals surface area (Å²) in [4.78, 5) is 72.8. The van der Waals surface area contributed by atoms with Crippen molar-refractivity contribution in [2.24, 2.45) is 23.7 Å². The van der Waals surface area contributed by atoms with Gasteiger partial charge in [-0.3, -0.25) is 37.3 Å². The van der Waals surface area contributed by atoms with Crippen LogP contribution in [0.15, 0.2) is 0 Å². The third-order valence-corrected chi connectivity index (χ3v) is 20.2. The van der Waals surface area contributed by atoms with E-state index in [0.29, 0.717) is 31.6 Å². The van der Waals surface area contributed by atoms with E-state index in [0.717, 1.165) is 108 Å². The normalized spacial score (nSPS) is 14.1. The summed E-state index contributed by atoms with van der Waals surface area (Å²) >= 11 is 0. The Labute approximate surface area is 600 Å². The highest BCUT2D eigenvalue weighted by Gasteiger charge is 2.30. The molecule has 0 aliphatic heterocycles. The molecular formula is C79H154O17P2. The van der Waals surface area contributed by atoms with E-state index in [-0.39, 0.29) is 25.7 Å². The molecule has 0 aliphatic carbocycles. The lowest BCUT2D eigenvalue weighted by molar-refractivity contribution is -0.161. The molecule has 0 aliphatic rings. The van der Waals surface area contributed by atoms with E-state index in [9.17, 15) is 43.2 Å². The first-order valence-electron chi connectivity index (χ1n) is 40.7. The van der Waals surface area contributed by atoms with Crippen LogP contribution >= 0.6 is 15.6 Å². The lowest BCUT2D eigenvalue weighted by Gasteiger charge is -2.21. The largest absolute Gasteiger partial charge is 0.472 e. The van der Waals surface area contributed by atoms with Crippen LogP contribution in [0.1, 0.15) is 402 Å². The molecule has 3 N–H and O–H groups in total. The quantitative estimate of drug-likeness (QED) is 0.0222. The molecule has 3 unspecified atom stereocenters. The minimum absolute atomic E-state index is 0.101. The predicted octanol–water partition coefficient (Wildman–Crippen LogP) is 23.2. The van der Waals surface area contributed by atoms with Crippen molar-refractivity contribution < 1.29 is 80.2 Å². The number of phosphoric ester groups is 2. The fourth-order valence-electron chi connectivity index (χ4n) is 12.1. The van der Waals surface area contributed by atoms with Crippen molar-refractivity contribution in [3.05, 3.63) is 0 Å². The van der Waals surface area contributed by atoms with Gasteiger partial charge < -0.3 is 33.8 Å². The molecule has 0 heterocycles. The van der Waals surface area contributed by atoms with Crippen molar-refractivity contribution in [3.63, 3.8) is 0 Å². The van der Waals surface area contributed by atoms with Crippen LogP contribution in [0.3, 0.4) is 0 Å². The molecule has 0 saturated heterocycles. The first kappa shape index (κ1) is 96.1. The molecule has 0 fully saturated rings. The summed E-state index contributed by atoms with van der Waals surface area (Å²) < 4.78 is 68.5. The summed E-state index contributed by atoms with van der Waals surface area (Å²) in [5.41, 5.74) is 0. The maximum absolute atomic E-state index is 13.1. The third kappa shape index (κ3) is 72.4.